The zero-order chi connectivity index (χ0) is 46.8. The lowest BCUT2D eigenvalue weighted by Gasteiger charge is -2.51. The van der Waals surface area contributed by atoms with Crippen molar-refractivity contribution >= 4 is 40.0 Å². The minimum absolute atomic E-state index is 0.111. The van der Waals surface area contributed by atoms with Gasteiger partial charge in [-0.2, -0.15) is 0 Å². The fourth-order valence-electron chi connectivity index (χ4n) is 11.3. The van der Waals surface area contributed by atoms with E-state index in [1.165, 1.54) is 21.9 Å². The van der Waals surface area contributed by atoms with Crippen molar-refractivity contribution in [2.75, 3.05) is 47.1 Å². The van der Waals surface area contributed by atoms with Gasteiger partial charge in [0.15, 0.2) is 0 Å². The Balaban J connectivity index is 1.20. The molecule has 0 unspecified atom stereocenters. The number of nitrogens with zero attached hydrogens (tertiary/aromatic N) is 5. The number of hydrogen-bond donors (Lipinski definition) is 2. The number of amides is 2. The van der Waals surface area contributed by atoms with E-state index in [-0.39, 0.29) is 47.7 Å². The van der Waals surface area contributed by atoms with E-state index < -0.39 is 29.6 Å². The van der Waals surface area contributed by atoms with Gasteiger partial charge >= 0.3 is 5.97 Å². The van der Waals surface area contributed by atoms with Crippen molar-refractivity contribution < 1.29 is 33.3 Å². The number of hydrogen-bond acceptors (Lipinski definition) is 12. The van der Waals surface area contributed by atoms with E-state index in [0.29, 0.717) is 56.1 Å². The highest BCUT2D eigenvalue weighted by Gasteiger charge is 2.50. The maximum atomic E-state index is 14.7. The van der Waals surface area contributed by atoms with E-state index in [4.69, 9.17) is 28.9 Å². The van der Waals surface area contributed by atoms with Crippen molar-refractivity contribution in [1.82, 2.24) is 35.2 Å². The second kappa shape index (κ2) is 18.3. The van der Waals surface area contributed by atoms with Crippen LogP contribution in [0.5, 0.6) is 0 Å². The molecule has 0 spiro atoms. The number of carbonyl (C=O) groups excluding carboxylic acids is 3. The van der Waals surface area contributed by atoms with Crippen molar-refractivity contribution in [3.63, 3.8) is 0 Å². The van der Waals surface area contributed by atoms with Crippen molar-refractivity contribution in [1.29, 1.82) is 0 Å². The number of aryl methyl sites for hydroxylation is 1. The summed E-state index contributed by atoms with van der Waals surface area (Å²) in [6, 6.07) is 7.77. The molecule has 1 saturated carbocycles. The summed E-state index contributed by atoms with van der Waals surface area (Å²) in [5, 5.41) is 8.27. The molecule has 4 aliphatic heterocycles. The number of pyridine rings is 1. The molecule has 1 aromatic carbocycles. The molecular formula is C51H69N7O7S. The summed E-state index contributed by atoms with van der Waals surface area (Å²) in [5.74, 6) is -0.738. The van der Waals surface area contributed by atoms with E-state index in [1.807, 2.05) is 12.3 Å². The molecule has 3 aromatic heterocycles. The standard InChI is InChI=1S/C51H69N7O7S/c1-11-57-40-16-15-31-18-35(40)37(44(57)36-19-32(23-52-42(36)30(5)62-10)51(8)20-33-24-63-25-34(21-51)56(33)9)22-50(6,7)27-65-49(61)38-14-13-17-58(55-38)48(60)43(54-46(59)41-28(3)29(41)4)45(64-12-2)47-53-39(31)26-66-47/h15-16,18-19,23,26,28-30,33-34,38,41,43,45,55H,11-14,17,20-22,24-25,27H2,1-10H3,(H,54,59)/t28-,29+,30-,33-,34+,38-,41+,43-,45-,51-/m0/s1. The van der Waals surface area contributed by atoms with Gasteiger partial charge < -0.3 is 28.8 Å². The van der Waals surface area contributed by atoms with E-state index in [9.17, 15) is 14.4 Å². The third-order valence-electron chi connectivity index (χ3n) is 15.6. The first kappa shape index (κ1) is 46.8. The maximum absolute atomic E-state index is 14.7. The first-order valence-electron chi connectivity index (χ1n) is 24.2. The van der Waals surface area contributed by atoms with Gasteiger partial charge in [0.2, 0.25) is 5.91 Å². The molecule has 4 aromatic rings. The molecule has 0 radical (unpaired) electrons. The van der Waals surface area contributed by atoms with Gasteiger partial charge in [0, 0.05) is 83.8 Å². The summed E-state index contributed by atoms with van der Waals surface area (Å²) in [7, 11) is 3.97. The lowest BCUT2D eigenvalue weighted by molar-refractivity contribution is -0.156. The number of fused-ring (bicyclic) bond motifs is 8. The molecule has 66 heavy (non-hydrogen) atoms. The van der Waals surface area contributed by atoms with Gasteiger partial charge in [-0.1, -0.05) is 40.7 Å². The molecule has 1 aliphatic carbocycles. The maximum Gasteiger partial charge on any atom is 0.324 e. The van der Waals surface area contributed by atoms with Crippen molar-refractivity contribution in [2.24, 2.45) is 23.2 Å². The molecular weight excluding hydrogens is 855 g/mol. The van der Waals surface area contributed by atoms with Gasteiger partial charge in [-0.05, 0) is 106 Å². The summed E-state index contributed by atoms with van der Waals surface area (Å²) in [5.41, 5.74) is 10.7. The summed E-state index contributed by atoms with van der Waals surface area (Å²) in [6.07, 6.45) is 4.56. The Hall–Kier alpha value is -4.25. The van der Waals surface area contributed by atoms with Crippen molar-refractivity contribution in [2.45, 2.75) is 136 Å². The predicted molar refractivity (Wildman–Crippen MR) is 255 cm³/mol. The highest BCUT2D eigenvalue weighted by atomic mass is 32.1. The van der Waals surface area contributed by atoms with Gasteiger partial charge in [-0.3, -0.25) is 29.3 Å². The van der Waals surface area contributed by atoms with Gasteiger partial charge in [-0.25, -0.2) is 10.4 Å². The van der Waals surface area contributed by atoms with E-state index in [0.717, 1.165) is 70.7 Å². The molecule has 9 rings (SSSR count). The number of hydrazine groups is 1. The number of thiazole rings is 1. The van der Waals surface area contributed by atoms with Crippen LogP contribution in [0.1, 0.15) is 115 Å². The van der Waals surface area contributed by atoms with E-state index in [2.05, 4.69) is 106 Å². The molecule has 2 N–H and O–H groups in total. The monoisotopic (exact) mass is 923 g/mol. The number of ether oxygens (including phenoxy) is 4. The van der Waals surface area contributed by atoms with Gasteiger partial charge in [0.05, 0.1) is 43.0 Å². The second-order valence-corrected chi connectivity index (χ2v) is 21.6. The fraction of sp³-hybridized carbons (Fsp3) is 0.627. The Morgan fingerprint density at radius 3 is 2.52 bits per heavy atom. The molecule has 7 heterocycles. The zero-order valence-electron chi connectivity index (χ0n) is 40.4. The summed E-state index contributed by atoms with van der Waals surface area (Å²) in [4.78, 5) is 55.5. The number of benzene rings is 1. The minimum Gasteiger partial charge on any atom is -0.464 e. The number of methoxy groups -OCH3 is 1. The molecule has 5 aliphatic rings. The first-order valence-corrected chi connectivity index (χ1v) is 25.0. The Kier molecular flexibility index (Phi) is 13.0. The highest BCUT2D eigenvalue weighted by Crippen LogP contribution is 2.48. The fourth-order valence-corrected chi connectivity index (χ4v) is 12.3. The second-order valence-electron chi connectivity index (χ2n) is 20.8. The quantitative estimate of drug-likeness (QED) is 0.162. The number of aromatic nitrogens is 3. The topological polar surface area (TPSA) is 149 Å². The molecule has 14 nitrogen and oxygen atoms in total. The summed E-state index contributed by atoms with van der Waals surface area (Å²) < 4.78 is 27.1. The van der Waals surface area contributed by atoms with Gasteiger partial charge in [0.1, 0.15) is 23.2 Å². The Labute approximate surface area is 393 Å². The number of nitrogens with one attached hydrogen (secondary N) is 2. The number of likely N-dealkylation sites (N-methyl/N-ethyl adjacent to an activating group) is 1. The third kappa shape index (κ3) is 8.61. The lowest BCUT2D eigenvalue weighted by Crippen LogP contribution is -2.61. The van der Waals surface area contributed by atoms with Crippen LogP contribution in [0.25, 0.3) is 33.4 Å². The number of esters is 1. The Morgan fingerprint density at radius 2 is 1.83 bits per heavy atom. The molecule has 8 bridgehead atoms. The predicted octanol–water partition coefficient (Wildman–Crippen LogP) is 7.39. The molecule has 356 valence electrons. The van der Waals surface area contributed by atoms with Crippen LogP contribution >= 0.6 is 11.3 Å². The van der Waals surface area contributed by atoms with Crippen LogP contribution in [-0.2, 0) is 51.7 Å². The lowest BCUT2D eigenvalue weighted by atomic mass is 9.69. The number of carbonyl (C=O) groups is 3. The average Bonchev–Trinajstić information content (AvgIpc) is 3.57. The molecule has 3 saturated heterocycles. The smallest absolute Gasteiger partial charge is 0.324 e. The minimum atomic E-state index is -1.08. The van der Waals surface area contributed by atoms with Crippen molar-refractivity contribution in [3.8, 4) is 22.5 Å². The average molecular weight is 924 g/mol. The number of morpholine rings is 1. The van der Waals surface area contributed by atoms with Crippen molar-refractivity contribution in [3.05, 3.63) is 57.7 Å². The van der Waals surface area contributed by atoms with Gasteiger partial charge in [-0.15, -0.1) is 11.3 Å². The van der Waals surface area contributed by atoms with Crippen LogP contribution in [0.2, 0.25) is 0 Å². The molecule has 4 fully saturated rings. The molecule has 10 atom stereocenters. The first-order chi connectivity index (χ1) is 31.6. The number of rotatable bonds is 9. The largest absolute Gasteiger partial charge is 0.464 e. The zero-order valence-corrected chi connectivity index (χ0v) is 41.3. The summed E-state index contributed by atoms with van der Waals surface area (Å²) >= 11 is 1.42. The van der Waals surface area contributed by atoms with Crippen LogP contribution in [0.3, 0.4) is 0 Å². The summed E-state index contributed by atoms with van der Waals surface area (Å²) in [6.45, 7) is 19.9. The van der Waals surface area contributed by atoms with E-state index >= 15 is 0 Å². The van der Waals surface area contributed by atoms with Crippen LogP contribution in [-0.4, -0.2) is 114 Å². The van der Waals surface area contributed by atoms with Crippen LogP contribution in [0.4, 0.5) is 0 Å². The Morgan fingerprint density at radius 1 is 1.09 bits per heavy atom. The highest BCUT2D eigenvalue weighted by molar-refractivity contribution is 7.10. The van der Waals surface area contributed by atoms with Gasteiger partial charge in [0.25, 0.3) is 5.91 Å². The normalized spacial score (nSPS) is 30.7. The van der Waals surface area contributed by atoms with Crippen LogP contribution < -0.4 is 10.7 Å². The molecule has 15 heteroatoms. The Bertz CT molecular complexity index is 2460. The SMILES string of the molecule is CCO[C@@H]1c2nc(cs2)-c2ccc3c(c2)c(c(-c2cc([C@@]4(C)C[C@H]5COC[C@@H](C4)N5C)cnc2[C@H](C)OC)n3CC)CC(C)(C)COC(=O)[C@@H]2CCCN(N2)C(=O)[C@H]1NC(=O)[C@H]1[C@H](C)[C@@H]1C. The van der Waals surface area contributed by atoms with Crippen LogP contribution in [0.15, 0.2) is 35.8 Å². The van der Waals surface area contributed by atoms with E-state index in [1.54, 1.807) is 7.11 Å². The number of cyclic esters (lactones) is 1. The van der Waals surface area contributed by atoms with Crippen LogP contribution in [0, 0.1) is 23.2 Å². The molecule has 2 amide bonds. The number of piperidine rings is 1. The third-order valence-corrected chi connectivity index (χ3v) is 16.5.